The molecule has 29 heavy (non-hydrogen) atoms. The molecule has 0 unspecified atom stereocenters. The van der Waals surface area contributed by atoms with Crippen molar-refractivity contribution in [2.24, 2.45) is 4.99 Å². The van der Waals surface area contributed by atoms with Crippen LogP contribution in [0.25, 0.3) is 0 Å². The van der Waals surface area contributed by atoms with E-state index < -0.39 is 12.2 Å². The number of guanidine groups is 1. The first kappa shape index (κ1) is 23.4. The fourth-order valence-electron chi connectivity index (χ4n) is 2.32. The van der Waals surface area contributed by atoms with E-state index in [2.05, 4.69) is 15.6 Å². The van der Waals surface area contributed by atoms with Crippen LogP contribution in [0.15, 0.2) is 47.5 Å². The van der Waals surface area contributed by atoms with Crippen molar-refractivity contribution >= 4 is 52.4 Å². The maximum atomic E-state index is 12.7. The Labute approximate surface area is 185 Å². The summed E-state index contributed by atoms with van der Waals surface area (Å²) in [5, 5.41) is 7.06. The molecule has 2 aromatic carbocycles. The average Bonchev–Trinajstić information content (AvgIpc) is 2.68. The molecule has 0 saturated heterocycles. The van der Waals surface area contributed by atoms with E-state index in [1.165, 1.54) is 6.07 Å². The smallest absolute Gasteiger partial charge is 0.259 e. The van der Waals surface area contributed by atoms with Gasteiger partial charge in [0.25, 0.3) is 5.91 Å². The Balaban J connectivity index is 2.21. The second kappa shape index (κ2) is 12.0. The minimum atomic E-state index is -0.525. The van der Waals surface area contributed by atoms with Crippen LogP contribution in [0.1, 0.15) is 24.2 Å². The van der Waals surface area contributed by atoms with Crippen LogP contribution < -0.4 is 10.6 Å². The number of carbonyl (C=O) groups is 1. The highest BCUT2D eigenvalue weighted by atomic mass is 35.5. The molecule has 0 spiro atoms. The molecule has 0 atom stereocenters. The van der Waals surface area contributed by atoms with Crippen molar-refractivity contribution < 1.29 is 14.3 Å². The summed E-state index contributed by atoms with van der Waals surface area (Å²) < 4.78 is 11.0. The number of amides is 1. The Bertz CT molecular complexity index is 839. The van der Waals surface area contributed by atoms with Crippen molar-refractivity contribution in [2.45, 2.75) is 20.1 Å². The van der Waals surface area contributed by atoms with Crippen molar-refractivity contribution in [3.63, 3.8) is 0 Å². The van der Waals surface area contributed by atoms with E-state index in [0.29, 0.717) is 28.9 Å². The van der Waals surface area contributed by atoms with Crippen molar-refractivity contribution in [1.29, 1.82) is 0 Å². The first-order valence-electron chi connectivity index (χ1n) is 8.99. The molecule has 0 aromatic heterocycles. The van der Waals surface area contributed by atoms with E-state index in [9.17, 15) is 4.79 Å². The molecule has 0 fully saturated rings. The van der Waals surface area contributed by atoms with Gasteiger partial charge in [0, 0.05) is 28.9 Å². The molecule has 0 bridgehead atoms. The van der Waals surface area contributed by atoms with Gasteiger partial charge in [0.2, 0.25) is 5.96 Å². The number of ether oxygens (including phenoxy) is 2. The van der Waals surface area contributed by atoms with E-state index in [1.807, 2.05) is 13.8 Å². The number of aliphatic imine (C=N–C) groups is 1. The average molecular weight is 459 g/mol. The van der Waals surface area contributed by atoms with Crippen molar-refractivity contribution in [3.05, 3.63) is 63.1 Å². The Morgan fingerprint density at radius 2 is 1.62 bits per heavy atom. The van der Waals surface area contributed by atoms with Crippen LogP contribution in [-0.2, 0) is 9.47 Å². The van der Waals surface area contributed by atoms with E-state index in [4.69, 9.17) is 44.3 Å². The molecule has 2 aromatic rings. The highest BCUT2D eigenvalue weighted by Crippen LogP contribution is 2.21. The zero-order valence-electron chi connectivity index (χ0n) is 16.0. The molecule has 1 amide bonds. The number of carbonyl (C=O) groups excluding carboxylic acids is 1. The third-order valence-electron chi connectivity index (χ3n) is 3.62. The predicted molar refractivity (Wildman–Crippen MR) is 118 cm³/mol. The number of nitrogens with one attached hydrogen (secondary N) is 2. The molecule has 0 aliphatic carbocycles. The van der Waals surface area contributed by atoms with E-state index in [0.717, 1.165) is 0 Å². The maximum absolute atomic E-state index is 12.7. The number of anilines is 1. The quantitative estimate of drug-likeness (QED) is 0.322. The third-order valence-corrected chi connectivity index (χ3v) is 4.42. The maximum Gasteiger partial charge on any atom is 0.259 e. The second-order valence-corrected chi connectivity index (χ2v) is 7.02. The van der Waals surface area contributed by atoms with Crippen LogP contribution in [-0.4, -0.2) is 37.9 Å². The van der Waals surface area contributed by atoms with Gasteiger partial charge >= 0.3 is 0 Å². The van der Waals surface area contributed by atoms with Crippen LogP contribution in [0, 0.1) is 0 Å². The minimum absolute atomic E-state index is 0.187. The minimum Gasteiger partial charge on any atom is -0.351 e. The van der Waals surface area contributed by atoms with Gasteiger partial charge in [0.1, 0.15) is 0 Å². The summed E-state index contributed by atoms with van der Waals surface area (Å²) in [6.07, 6.45) is -0.525. The van der Waals surface area contributed by atoms with E-state index in [-0.39, 0.29) is 23.1 Å². The van der Waals surface area contributed by atoms with Gasteiger partial charge in [0.05, 0.1) is 17.1 Å². The highest BCUT2D eigenvalue weighted by Gasteiger charge is 2.15. The molecular formula is C20H22Cl3N3O3. The lowest BCUT2D eigenvalue weighted by molar-refractivity contribution is -0.128. The van der Waals surface area contributed by atoms with Crippen LogP contribution in [0.5, 0.6) is 0 Å². The van der Waals surface area contributed by atoms with Gasteiger partial charge < -0.3 is 14.8 Å². The fourth-order valence-corrected chi connectivity index (χ4v) is 2.94. The number of benzene rings is 2. The third kappa shape index (κ3) is 7.84. The van der Waals surface area contributed by atoms with Crippen molar-refractivity contribution in [1.82, 2.24) is 5.32 Å². The number of rotatable bonds is 8. The first-order chi connectivity index (χ1) is 13.9. The molecule has 0 aliphatic heterocycles. The Kier molecular flexibility index (Phi) is 9.70. The summed E-state index contributed by atoms with van der Waals surface area (Å²) in [7, 11) is 0. The number of halogens is 3. The van der Waals surface area contributed by atoms with Crippen LogP contribution in [0.3, 0.4) is 0 Å². The zero-order chi connectivity index (χ0) is 21.2. The van der Waals surface area contributed by atoms with E-state index >= 15 is 0 Å². The second-order valence-electron chi connectivity index (χ2n) is 5.74. The molecule has 2 N–H and O–H groups in total. The monoisotopic (exact) mass is 457 g/mol. The zero-order valence-corrected chi connectivity index (χ0v) is 18.3. The van der Waals surface area contributed by atoms with Gasteiger partial charge in [-0.1, -0.05) is 34.8 Å². The summed E-state index contributed by atoms with van der Waals surface area (Å²) in [5.41, 5.74) is 0.966. The summed E-state index contributed by atoms with van der Waals surface area (Å²) >= 11 is 18.0. The Morgan fingerprint density at radius 1 is 1.00 bits per heavy atom. The van der Waals surface area contributed by atoms with E-state index in [1.54, 1.807) is 36.4 Å². The van der Waals surface area contributed by atoms with Crippen molar-refractivity contribution in [2.75, 3.05) is 25.1 Å². The van der Waals surface area contributed by atoms with Gasteiger partial charge in [0.15, 0.2) is 6.29 Å². The fraction of sp³-hybridized carbons (Fsp3) is 0.300. The molecule has 0 heterocycles. The molecular weight excluding hydrogens is 437 g/mol. The van der Waals surface area contributed by atoms with Gasteiger partial charge in [-0.05, 0) is 56.3 Å². The molecule has 6 nitrogen and oxygen atoms in total. The Morgan fingerprint density at radius 3 is 2.21 bits per heavy atom. The number of hydrogen-bond acceptors (Lipinski definition) is 4. The molecule has 2 rings (SSSR count). The standard InChI is InChI=1S/C20H22Cl3N3O3/c1-3-28-18(29-4-2)12-24-20(25-15-8-5-13(21)6-9-15)26-19(27)16-10-7-14(22)11-17(16)23/h5-11,18H,3-4,12H2,1-2H3,(H2,24,25,26,27). The summed E-state index contributed by atoms with van der Waals surface area (Å²) in [6.45, 7) is 4.88. The van der Waals surface area contributed by atoms with Gasteiger partial charge in [-0.3, -0.25) is 10.1 Å². The molecule has 0 saturated carbocycles. The van der Waals surface area contributed by atoms with Gasteiger partial charge in [-0.15, -0.1) is 0 Å². The van der Waals surface area contributed by atoms with Gasteiger partial charge in [-0.2, -0.15) is 0 Å². The number of nitrogens with zero attached hydrogens (tertiary/aromatic N) is 1. The summed E-state index contributed by atoms with van der Waals surface area (Å²) in [6, 6.07) is 11.6. The number of hydrogen-bond donors (Lipinski definition) is 2. The normalized spacial score (nSPS) is 11.6. The summed E-state index contributed by atoms with van der Waals surface area (Å²) in [4.78, 5) is 17.1. The van der Waals surface area contributed by atoms with Gasteiger partial charge in [-0.25, -0.2) is 4.99 Å². The van der Waals surface area contributed by atoms with Crippen molar-refractivity contribution in [3.8, 4) is 0 Å². The first-order valence-corrected chi connectivity index (χ1v) is 10.1. The topological polar surface area (TPSA) is 72.0 Å². The molecule has 0 aliphatic rings. The molecule has 0 radical (unpaired) electrons. The van der Waals surface area contributed by atoms with Crippen LogP contribution >= 0.6 is 34.8 Å². The largest absolute Gasteiger partial charge is 0.351 e. The lowest BCUT2D eigenvalue weighted by Gasteiger charge is -2.17. The predicted octanol–water partition coefficient (Wildman–Crippen LogP) is 5.24. The molecule has 9 heteroatoms. The lowest BCUT2D eigenvalue weighted by Crippen LogP contribution is -2.37. The Hall–Kier alpha value is -1.83. The summed E-state index contributed by atoms with van der Waals surface area (Å²) in [5.74, 6) is -0.219. The lowest BCUT2D eigenvalue weighted by atomic mass is 10.2. The molecule has 156 valence electrons. The highest BCUT2D eigenvalue weighted by molar-refractivity contribution is 6.37. The van der Waals surface area contributed by atoms with Crippen LogP contribution in [0.4, 0.5) is 5.69 Å². The van der Waals surface area contributed by atoms with Crippen LogP contribution in [0.2, 0.25) is 15.1 Å². The SMILES string of the molecule is CCOC(CN=C(NC(=O)c1ccc(Cl)cc1Cl)Nc1ccc(Cl)cc1)OCC.